The second kappa shape index (κ2) is 6.63. The van der Waals surface area contributed by atoms with E-state index in [1.807, 2.05) is 19.9 Å². The van der Waals surface area contributed by atoms with Gasteiger partial charge in [0.1, 0.15) is 17.5 Å². The number of benzene rings is 1. The Morgan fingerprint density at radius 3 is 2.67 bits per heavy atom. The molecule has 2 rings (SSSR count). The molecular weight excluding hydrogens is 272 g/mol. The van der Waals surface area contributed by atoms with E-state index in [9.17, 15) is 8.78 Å². The molecule has 2 aromatic rings. The van der Waals surface area contributed by atoms with E-state index in [2.05, 4.69) is 10.3 Å². The molecule has 0 spiro atoms. The summed E-state index contributed by atoms with van der Waals surface area (Å²) < 4.78 is 26.9. The average molecular weight is 291 g/mol. The molecular formula is C16H19F2N3. The van der Waals surface area contributed by atoms with Crippen molar-refractivity contribution in [2.75, 3.05) is 12.3 Å². The average Bonchev–Trinajstić information content (AvgIpc) is 2.41. The van der Waals surface area contributed by atoms with Crippen LogP contribution in [-0.2, 0) is 6.42 Å². The number of anilines is 1. The van der Waals surface area contributed by atoms with Crippen molar-refractivity contribution in [2.24, 2.45) is 0 Å². The first kappa shape index (κ1) is 15.4. The van der Waals surface area contributed by atoms with Crippen molar-refractivity contribution in [3.8, 4) is 0 Å². The van der Waals surface area contributed by atoms with E-state index >= 15 is 0 Å². The summed E-state index contributed by atoms with van der Waals surface area (Å²) in [5, 5.41) is 3.29. The molecule has 0 aliphatic heterocycles. The number of pyridine rings is 1. The van der Waals surface area contributed by atoms with E-state index in [1.54, 1.807) is 6.20 Å². The third kappa shape index (κ3) is 3.55. The fourth-order valence-corrected chi connectivity index (χ4v) is 2.47. The Balaban J connectivity index is 2.35. The Hall–Kier alpha value is -2.01. The quantitative estimate of drug-likeness (QED) is 0.889. The van der Waals surface area contributed by atoms with Gasteiger partial charge in [-0.1, -0.05) is 13.0 Å². The molecule has 3 N–H and O–H groups in total. The molecule has 0 saturated heterocycles. The number of nitrogens with two attached hydrogens (primary N) is 1. The minimum absolute atomic E-state index is 0.163. The Kier molecular flexibility index (Phi) is 4.85. The molecule has 1 atom stereocenters. The van der Waals surface area contributed by atoms with Crippen LogP contribution in [0.1, 0.15) is 29.7 Å². The lowest BCUT2D eigenvalue weighted by Gasteiger charge is -2.22. The standard InChI is InChI=1S/C16H19F2N3/c1-3-20-14(15-10(2)6-7-21-16(15)19)8-11-4-5-12(17)9-13(11)18/h4-7,9,14,20H,3,8H2,1-2H3,(H2,19,21). The van der Waals surface area contributed by atoms with E-state index in [-0.39, 0.29) is 6.04 Å². The highest BCUT2D eigenvalue weighted by Crippen LogP contribution is 2.26. The molecule has 0 aliphatic rings. The largest absolute Gasteiger partial charge is 0.383 e. The maximum absolute atomic E-state index is 13.9. The van der Waals surface area contributed by atoms with Crippen molar-refractivity contribution in [1.82, 2.24) is 10.3 Å². The van der Waals surface area contributed by atoms with E-state index in [0.29, 0.717) is 24.3 Å². The van der Waals surface area contributed by atoms with Crippen LogP contribution in [0.2, 0.25) is 0 Å². The van der Waals surface area contributed by atoms with Gasteiger partial charge < -0.3 is 11.1 Å². The number of halogens is 2. The summed E-state index contributed by atoms with van der Waals surface area (Å²) in [4.78, 5) is 4.11. The summed E-state index contributed by atoms with van der Waals surface area (Å²) in [7, 11) is 0. The summed E-state index contributed by atoms with van der Waals surface area (Å²) >= 11 is 0. The molecule has 1 aromatic carbocycles. The summed E-state index contributed by atoms with van der Waals surface area (Å²) in [6, 6.07) is 5.34. The highest BCUT2D eigenvalue weighted by molar-refractivity contribution is 5.46. The Morgan fingerprint density at radius 2 is 2.05 bits per heavy atom. The molecule has 112 valence electrons. The van der Waals surface area contributed by atoms with E-state index < -0.39 is 11.6 Å². The first-order chi connectivity index (χ1) is 10.0. The van der Waals surface area contributed by atoms with Crippen molar-refractivity contribution in [3.63, 3.8) is 0 Å². The van der Waals surface area contributed by atoms with Gasteiger partial charge in [-0.25, -0.2) is 13.8 Å². The number of likely N-dealkylation sites (N-methyl/N-ethyl adjacent to an activating group) is 1. The maximum Gasteiger partial charge on any atom is 0.129 e. The van der Waals surface area contributed by atoms with Crippen LogP contribution in [0.5, 0.6) is 0 Å². The highest BCUT2D eigenvalue weighted by atomic mass is 19.1. The Labute approximate surface area is 123 Å². The Morgan fingerprint density at radius 1 is 1.29 bits per heavy atom. The number of aryl methyl sites for hydroxylation is 1. The van der Waals surface area contributed by atoms with E-state index in [4.69, 9.17) is 5.73 Å². The lowest BCUT2D eigenvalue weighted by atomic mass is 9.95. The van der Waals surface area contributed by atoms with Gasteiger partial charge in [0, 0.05) is 23.9 Å². The lowest BCUT2D eigenvalue weighted by Crippen LogP contribution is -2.25. The third-order valence-corrected chi connectivity index (χ3v) is 3.48. The van der Waals surface area contributed by atoms with Crippen LogP contribution < -0.4 is 11.1 Å². The van der Waals surface area contributed by atoms with Gasteiger partial charge in [0.15, 0.2) is 0 Å². The summed E-state index contributed by atoms with van der Waals surface area (Å²) in [5.41, 5.74) is 8.27. The van der Waals surface area contributed by atoms with Gasteiger partial charge in [-0.15, -0.1) is 0 Å². The lowest BCUT2D eigenvalue weighted by molar-refractivity contribution is 0.519. The number of aromatic nitrogens is 1. The van der Waals surface area contributed by atoms with Crippen molar-refractivity contribution in [1.29, 1.82) is 0 Å². The van der Waals surface area contributed by atoms with Crippen molar-refractivity contribution < 1.29 is 8.78 Å². The van der Waals surface area contributed by atoms with Gasteiger partial charge in [-0.2, -0.15) is 0 Å². The van der Waals surface area contributed by atoms with Crippen LogP contribution in [0.25, 0.3) is 0 Å². The molecule has 21 heavy (non-hydrogen) atoms. The van der Waals surface area contributed by atoms with Crippen LogP contribution in [0.4, 0.5) is 14.6 Å². The van der Waals surface area contributed by atoms with Gasteiger partial charge >= 0.3 is 0 Å². The third-order valence-electron chi connectivity index (χ3n) is 3.48. The number of rotatable bonds is 5. The van der Waals surface area contributed by atoms with Gasteiger partial charge in [0.2, 0.25) is 0 Å². The summed E-state index contributed by atoms with van der Waals surface area (Å²) in [6.07, 6.45) is 2.03. The molecule has 0 amide bonds. The van der Waals surface area contributed by atoms with Crippen LogP contribution in [0, 0.1) is 18.6 Å². The predicted octanol–water partition coefficient (Wildman–Crippen LogP) is 3.14. The first-order valence-corrected chi connectivity index (χ1v) is 6.91. The monoisotopic (exact) mass is 291 g/mol. The zero-order valence-electron chi connectivity index (χ0n) is 12.2. The molecule has 0 fully saturated rings. The molecule has 0 aliphatic carbocycles. The molecule has 5 heteroatoms. The first-order valence-electron chi connectivity index (χ1n) is 6.91. The highest BCUT2D eigenvalue weighted by Gasteiger charge is 2.19. The summed E-state index contributed by atoms with van der Waals surface area (Å²) in [5.74, 6) is -0.685. The van der Waals surface area contributed by atoms with Gasteiger partial charge in [0.05, 0.1) is 0 Å². The predicted molar refractivity (Wildman–Crippen MR) is 79.9 cm³/mol. The van der Waals surface area contributed by atoms with Crippen LogP contribution in [0.15, 0.2) is 30.5 Å². The van der Waals surface area contributed by atoms with Crippen LogP contribution >= 0.6 is 0 Å². The van der Waals surface area contributed by atoms with Crippen molar-refractivity contribution in [3.05, 3.63) is 58.8 Å². The minimum Gasteiger partial charge on any atom is -0.383 e. The maximum atomic E-state index is 13.9. The zero-order valence-corrected chi connectivity index (χ0v) is 12.2. The van der Waals surface area contributed by atoms with Crippen molar-refractivity contribution >= 4 is 5.82 Å². The van der Waals surface area contributed by atoms with Crippen LogP contribution in [-0.4, -0.2) is 11.5 Å². The fourth-order valence-electron chi connectivity index (χ4n) is 2.47. The van der Waals surface area contributed by atoms with Gasteiger partial charge in [0.25, 0.3) is 0 Å². The molecule has 3 nitrogen and oxygen atoms in total. The number of hydrogen-bond acceptors (Lipinski definition) is 3. The number of hydrogen-bond donors (Lipinski definition) is 2. The molecule has 1 aromatic heterocycles. The van der Waals surface area contributed by atoms with E-state index in [1.165, 1.54) is 12.1 Å². The molecule has 1 unspecified atom stereocenters. The molecule has 0 radical (unpaired) electrons. The smallest absolute Gasteiger partial charge is 0.129 e. The number of nitrogen functional groups attached to an aromatic ring is 1. The SMILES string of the molecule is CCNC(Cc1ccc(F)cc1F)c1c(C)ccnc1N. The molecule has 0 saturated carbocycles. The number of nitrogens with zero attached hydrogens (tertiary/aromatic N) is 1. The minimum atomic E-state index is -0.576. The van der Waals surface area contributed by atoms with Gasteiger partial charge in [-0.3, -0.25) is 0 Å². The molecule has 1 heterocycles. The van der Waals surface area contributed by atoms with Crippen LogP contribution in [0.3, 0.4) is 0 Å². The van der Waals surface area contributed by atoms with Gasteiger partial charge in [-0.05, 0) is 43.1 Å². The zero-order chi connectivity index (χ0) is 15.4. The number of nitrogens with one attached hydrogen (secondary N) is 1. The second-order valence-electron chi connectivity index (χ2n) is 4.98. The van der Waals surface area contributed by atoms with E-state index in [0.717, 1.165) is 17.2 Å². The topological polar surface area (TPSA) is 50.9 Å². The normalized spacial score (nSPS) is 12.4. The second-order valence-corrected chi connectivity index (χ2v) is 4.98. The Bertz CT molecular complexity index is 609. The summed E-state index contributed by atoms with van der Waals surface area (Å²) in [6.45, 7) is 4.62. The van der Waals surface area contributed by atoms with Crippen molar-refractivity contribution in [2.45, 2.75) is 26.3 Å². The fraction of sp³-hybridized carbons (Fsp3) is 0.312. The molecule has 0 bridgehead atoms.